The molecule has 3 heteroatoms. The maximum Gasteiger partial charge on any atom is 0.0787 e. The highest BCUT2D eigenvalue weighted by atomic mass is 16.4. The van der Waals surface area contributed by atoms with E-state index in [0.717, 1.165) is 31.6 Å². The lowest BCUT2D eigenvalue weighted by atomic mass is 9.92. The third-order valence-electron chi connectivity index (χ3n) is 4.03. The molecule has 0 aromatic heterocycles. The smallest absolute Gasteiger partial charge is 0.0787 e. The van der Waals surface area contributed by atoms with Gasteiger partial charge in [0.05, 0.1) is 11.8 Å². The van der Waals surface area contributed by atoms with E-state index in [9.17, 15) is 5.21 Å². The van der Waals surface area contributed by atoms with E-state index in [1.165, 1.54) is 11.1 Å². The van der Waals surface area contributed by atoms with Gasteiger partial charge in [0.15, 0.2) is 0 Å². The van der Waals surface area contributed by atoms with Crippen molar-refractivity contribution in [3.05, 3.63) is 71.8 Å². The number of oxime groups is 1. The fraction of sp³-hybridized carbons (Fsp3) is 0.278. The lowest BCUT2D eigenvalue weighted by Crippen LogP contribution is -2.38. The molecule has 3 nitrogen and oxygen atoms in total. The summed E-state index contributed by atoms with van der Waals surface area (Å²) >= 11 is 0. The van der Waals surface area contributed by atoms with E-state index < -0.39 is 0 Å². The zero-order valence-electron chi connectivity index (χ0n) is 12.0. The molecule has 21 heavy (non-hydrogen) atoms. The predicted molar refractivity (Wildman–Crippen MR) is 84.5 cm³/mol. The molecule has 1 aliphatic rings. The SMILES string of the molecule is O/N=C1\CCCN(Cc2ccccc2)[C@H]1c1ccccc1. The summed E-state index contributed by atoms with van der Waals surface area (Å²) in [6, 6.07) is 20.9. The van der Waals surface area contributed by atoms with Gasteiger partial charge in [-0.15, -0.1) is 0 Å². The van der Waals surface area contributed by atoms with Gasteiger partial charge in [0.1, 0.15) is 0 Å². The second-order valence-electron chi connectivity index (χ2n) is 5.46. The van der Waals surface area contributed by atoms with Crippen LogP contribution in [0.15, 0.2) is 65.8 Å². The van der Waals surface area contributed by atoms with Crippen LogP contribution in [0, 0.1) is 0 Å². The van der Waals surface area contributed by atoms with Crippen molar-refractivity contribution < 1.29 is 5.21 Å². The van der Waals surface area contributed by atoms with Crippen molar-refractivity contribution in [2.45, 2.75) is 25.4 Å². The van der Waals surface area contributed by atoms with Crippen LogP contribution in [0.2, 0.25) is 0 Å². The second kappa shape index (κ2) is 6.55. The third kappa shape index (κ3) is 3.14. The minimum absolute atomic E-state index is 0.0742. The average Bonchev–Trinajstić information content (AvgIpc) is 2.56. The molecular formula is C18H20N2O. The van der Waals surface area contributed by atoms with E-state index in [2.05, 4.69) is 46.5 Å². The quantitative estimate of drug-likeness (QED) is 0.684. The predicted octanol–water partition coefficient (Wildman–Crippen LogP) is 3.85. The van der Waals surface area contributed by atoms with Crippen molar-refractivity contribution in [1.29, 1.82) is 0 Å². The summed E-state index contributed by atoms with van der Waals surface area (Å²) < 4.78 is 0. The highest BCUT2D eigenvalue weighted by Gasteiger charge is 2.29. The standard InChI is InChI=1S/C18H20N2O/c21-19-17-12-7-13-20(14-15-8-3-1-4-9-15)18(17)16-10-5-2-6-11-16/h1-6,8-11,18,21H,7,12-14H2/b19-17+/t18-/m0/s1. The van der Waals surface area contributed by atoms with Crippen molar-refractivity contribution >= 4 is 5.71 Å². The molecule has 1 N–H and O–H groups in total. The molecule has 1 aliphatic heterocycles. The van der Waals surface area contributed by atoms with Crippen molar-refractivity contribution in [1.82, 2.24) is 4.90 Å². The Labute approximate surface area is 125 Å². The Bertz CT molecular complexity index is 595. The highest BCUT2D eigenvalue weighted by Crippen LogP contribution is 2.30. The Morgan fingerprint density at radius 1 is 1.00 bits per heavy atom. The van der Waals surface area contributed by atoms with Crippen LogP contribution in [0.4, 0.5) is 0 Å². The van der Waals surface area contributed by atoms with Gasteiger partial charge in [-0.05, 0) is 30.5 Å². The molecular weight excluding hydrogens is 260 g/mol. The zero-order valence-corrected chi connectivity index (χ0v) is 12.0. The van der Waals surface area contributed by atoms with E-state index in [1.807, 2.05) is 24.3 Å². The molecule has 2 aromatic rings. The number of hydrogen-bond donors (Lipinski definition) is 1. The number of nitrogens with zero attached hydrogens (tertiary/aromatic N) is 2. The fourth-order valence-electron chi connectivity index (χ4n) is 3.07. The van der Waals surface area contributed by atoms with Crippen LogP contribution in [0.3, 0.4) is 0 Å². The van der Waals surface area contributed by atoms with Crippen LogP contribution in [-0.2, 0) is 6.54 Å². The molecule has 0 unspecified atom stereocenters. The number of benzene rings is 2. The first-order valence-electron chi connectivity index (χ1n) is 7.42. The first kappa shape index (κ1) is 13.8. The van der Waals surface area contributed by atoms with Gasteiger partial charge in [-0.3, -0.25) is 4.90 Å². The molecule has 1 fully saturated rings. The molecule has 1 saturated heterocycles. The Kier molecular flexibility index (Phi) is 4.31. The maximum absolute atomic E-state index is 9.37. The van der Waals surface area contributed by atoms with Gasteiger partial charge in [-0.1, -0.05) is 65.8 Å². The maximum atomic E-state index is 9.37. The molecule has 0 radical (unpaired) electrons. The van der Waals surface area contributed by atoms with E-state index in [-0.39, 0.29) is 6.04 Å². The van der Waals surface area contributed by atoms with Gasteiger partial charge in [0.25, 0.3) is 0 Å². The largest absolute Gasteiger partial charge is 0.411 e. The van der Waals surface area contributed by atoms with Crippen LogP contribution >= 0.6 is 0 Å². The summed E-state index contributed by atoms with van der Waals surface area (Å²) in [5, 5.41) is 12.9. The van der Waals surface area contributed by atoms with E-state index in [4.69, 9.17) is 0 Å². The molecule has 2 aromatic carbocycles. The molecule has 0 bridgehead atoms. The Morgan fingerprint density at radius 2 is 1.67 bits per heavy atom. The van der Waals surface area contributed by atoms with E-state index in [1.54, 1.807) is 0 Å². The molecule has 108 valence electrons. The van der Waals surface area contributed by atoms with Gasteiger partial charge < -0.3 is 5.21 Å². The third-order valence-corrected chi connectivity index (χ3v) is 4.03. The van der Waals surface area contributed by atoms with Gasteiger partial charge in [-0.25, -0.2) is 0 Å². The molecule has 0 spiro atoms. The summed E-state index contributed by atoms with van der Waals surface area (Å²) in [6.45, 7) is 1.90. The summed E-state index contributed by atoms with van der Waals surface area (Å²) in [6.07, 6.45) is 1.90. The fourth-order valence-corrected chi connectivity index (χ4v) is 3.07. The molecule has 0 saturated carbocycles. The second-order valence-corrected chi connectivity index (χ2v) is 5.46. The van der Waals surface area contributed by atoms with E-state index in [0.29, 0.717) is 0 Å². The minimum atomic E-state index is 0.0742. The van der Waals surface area contributed by atoms with Crippen LogP contribution in [-0.4, -0.2) is 22.4 Å². The summed E-state index contributed by atoms with van der Waals surface area (Å²) in [4.78, 5) is 2.39. The normalized spacial score (nSPS) is 21.5. The molecule has 1 atom stereocenters. The zero-order chi connectivity index (χ0) is 14.5. The molecule has 1 heterocycles. The summed E-state index contributed by atoms with van der Waals surface area (Å²) in [5.74, 6) is 0. The van der Waals surface area contributed by atoms with Gasteiger partial charge in [-0.2, -0.15) is 0 Å². The lowest BCUT2D eigenvalue weighted by molar-refractivity contribution is 0.205. The Balaban J connectivity index is 1.89. The Hall–Kier alpha value is -2.13. The monoisotopic (exact) mass is 280 g/mol. The number of hydrogen-bond acceptors (Lipinski definition) is 3. The lowest BCUT2D eigenvalue weighted by Gasteiger charge is -2.36. The molecule has 0 aliphatic carbocycles. The number of rotatable bonds is 3. The topological polar surface area (TPSA) is 35.8 Å². The molecule has 3 rings (SSSR count). The van der Waals surface area contributed by atoms with Crippen molar-refractivity contribution in [3.8, 4) is 0 Å². The van der Waals surface area contributed by atoms with Crippen molar-refractivity contribution in [2.75, 3.05) is 6.54 Å². The Morgan fingerprint density at radius 3 is 2.33 bits per heavy atom. The summed E-state index contributed by atoms with van der Waals surface area (Å²) in [5.41, 5.74) is 3.35. The van der Waals surface area contributed by atoms with Crippen LogP contribution in [0.25, 0.3) is 0 Å². The highest BCUT2D eigenvalue weighted by molar-refractivity contribution is 5.90. The van der Waals surface area contributed by atoms with Gasteiger partial charge in [0.2, 0.25) is 0 Å². The van der Waals surface area contributed by atoms with Gasteiger partial charge in [0, 0.05) is 6.54 Å². The van der Waals surface area contributed by atoms with E-state index >= 15 is 0 Å². The first-order valence-corrected chi connectivity index (χ1v) is 7.42. The van der Waals surface area contributed by atoms with Crippen LogP contribution in [0.5, 0.6) is 0 Å². The van der Waals surface area contributed by atoms with Crippen molar-refractivity contribution in [3.63, 3.8) is 0 Å². The number of likely N-dealkylation sites (tertiary alicyclic amines) is 1. The average molecular weight is 280 g/mol. The molecule has 0 amide bonds. The van der Waals surface area contributed by atoms with Crippen LogP contribution in [0.1, 0.15) is 30.0 Å². The van der Waals surface area contributed by atoms with Gasteiger partial charge >= 0.3 is 0 Å². The minimum Gasteiger partial charge on any atom is -0.411 e. The first-order chi connectivity index (χ1) is 10.4. The van der Waals surface area contributed by atoms with Crippen molar-refractivity contribution in [2.24, 2.45) is 5.16 Å². The van der Waals surface area contributed by atoms with Crippen LogP contribution < -0.4 is 0 Å². The summed E-state index contributed by atoms with van der Waals surface area (Å²) in [7, 11) is 0. The number of piperidine rings is 1.